The standard InChI is InChI=1S/C72H124O6/c1-4-7-10-13-16-18-20-22-24-26-28-30-32-34-36-38-40-42-44-46-48-50-52-54-56-59-62-65-71(74)77-68-69(67-76-70(73)64-61-58-15-12-9-6-3)78-72(75)66-63-60-57-55-53-51-49-47-45-43-41-39-37-35-33-31-29-27-25-23-21-19-17-14-11-8-5-2/h7,10,16,18,21-24,27-30,34,36,40,42,69H,4-6,8-9,11-15,17,19-20,25-26,31-33,35,37-39,41,43-68H2,1-3H3/b10-7-,18-16-,23-21-,24-22-,29-27-,30-28-,36-34-,42-40-. The largest absolute Gasteiger partial charge is 0.462 e. The van der Waals surface area contributed by atoms with Gasteiger partial charge in [0.15, 0.2) is 6.10 Å². The second-order valence-electron chi connectivity index (χ2n) is 22.0. The van der Waals surface area contributed by atoms with Gasteiger partial charge >= 0.3 is 17.9 Å². The molecule has 78 heavy (non-hydrogen) atoms. The van der Waals surface area contributed by atoms with Crippen molar-refractivity contribution in [3.63, 3.8) is 0 Å². The summed E-state index contributed by atoms with van der Waals surface area (Å²) in [6, 6.07) is 0. The van der Waals surface area contributed by atoms with E-state index in [-0.39, 0.29) is 31.1 Å². The van der Waals surface area contributed by atoms with Crippen molar-refractivity contribution in [3.8, 4) is 0 Å². The molecule has 6 heteroatoms. The number of carbonyl (C=O) groups is 3. The number of rotatable bonds is 60. The molecule has 0 radical (unpaired) electrons. The molecule has 0 rings (SSSR count). The molecule has 0 spiro atoms. The number of hydrogen-bond acceptors (Lipinski definition) is 6. The highest BCUT2D eigenvalue weighted by molar-refractivity contribution is 5.71. The molecule has 0 heterocycles. The lowest BCUT2D eigenvalue weighted by molar-refractivity contribution is -0.167. The van der Waals surface area contributed by atoms with Gasteiger partial charge in [0.1, 0.15) is 13.2 Å². The van der Waals surface area contributed by atoms with Gasteiger partial charge in [-0.3, -0.25) is 14.4 Å². The molecule has 0 amide bonds. The highest BCUT2D eigenvalue weighted by atomic mass is 16.6. The third-order valence-corrected chi connectivity index (χ3v) is 14.3. The van der Waals surface area contributed by atoms with Crippen LogP contribution >= 0.6 is 0 Å². The minimum Gasteiger partial charge on any atom is -0.462 e. The summed E-state index contributed by atoms with van der Waals surface area (Å²) in [6.45, 7) is 6.48. The van der Waals surface area contributed by atoms with E-state index in [4.69, 9.17) is 14.2 Å². The molecule has 0 bridgehead atoms. The van der Waals surface area contributed by atoms with Crippen LogP contribution in [-0.4, -0.2) is 37.2 Å². The van der Waals surface area contributed by atoms with E-state index in [0.717, 1.165) is 109 Å². The summed E-state index contributed by atoms with van der Waals surface area (Å²) in [5.74, 6) is -0.886. The predicted molar refractivity (Wildman–Crippen MR) is 339 cm³/mol. The zero-order valence-electron chi connectivity index (χ0n) is 51.4. The Morgan fingerprint density at radius 2 is 0.500 bits per heavy atom. The monoisotopic (exact) mass is 1080 g/mol. The summed E-state index contributed by atoms with van der Waals surface area (Å²) >= 11 is 0. The Balaban J connectivity index is 4.09. The van der Waals surface area contributed by atoms with Gasteiger partial charge in [-0.15, -0.1) is 0 Å². The van der Waals surface area contributed by atoms with Gasteiger partial charge in [0.05, 0.1) is 0 Å². The number of carbonyl (C=O) groups excluding carboxylic acids is 3. The van der Waals surface area contributed by atoms with Crippen molar-refractivity contribution in [3.05, 3.63) is 97.2 Å². The van der Waals surface area contributed by atoms with Crippen LogP contribution in [-0.2, 0) is 28.6 Å². The first kappa shape index (κ1) is 74.3. The van der Waals surface area contributed by atoms with Crippen LogP contribution in [0.3, 0.4) is 0 Å². The first-order valence-electron chi connectivity index (χ1n) is 33.2. The lowest BCUT2D eigenvalue weighted by Crippen LogP contribution is -2.30. The highest BCUT2D eigenvalue weighted by Gasteiger charge is 2.19. The molecule has 0 aromatic heterocycles. The fraction of sp³-hybridized carbons (Fsp3) is 0.736. The van der Waals surface area contributed by atoms with E-state index < -0.39 is 6.10 Å². The molecule has 0 aliphatic heterocycles. The summed E-state index contributed by atoms with van der Waals surface area (Å²) in [7, 11) is 0. The molecule has 1 unspecified atom stereocenters. The number of allylic oxidation sites excluding steroid dienone is 16. The Morgan fingerprint density at radius 3 is 0.782 bits per heavy atom. The highest BCUT2D eigenvalue weighted by Crippen LogP contribution is 2.17. The lowest BCUT2D eigenvalue weighted by atomic mass is 10.0. The van der Waals surface area contributed by atoms with Gasteiger partial charge in [0.2, 0.25) is 0 Å². The molecule has 6 nitrogen and oxygen atoms in total. The van der Waals surface area contributed by atoms with Crippen molar-refractivity contribution >= 4 is 17.9 Å². The third kappa shape index (κ3) is 63.2. The maximum atomic E-state index is 12.9. The molecule has 448 valence electrons. The Hall–Kier alpha value is -3.67. The molecule has 0 aromatic rings. The molecule has 0 aliphatic rings. The maximum Gasteiger partial charge on any atom is 0.306 e. The Kier molecular flexibility index (Phi) is 62.7. The molecule has 0 fully saturated rings. The molecular weight excluding hydrogens is 961 g/mol. The Labute approximate surface area is 483 Å². The number of hydrogen-bond donors (Lipinski definition) is 0. The zero-order chi connectivity index (χ0) is 56.4. The van der Waals surface area contributed by atoms with Crippen LogP contribution in [0.4, 0.5) is 0 Å². The summed E-state index contributed by atoms with van der Waals surface area (Å²) < 4.78 is 16.8. The van der Waals surface area contributed by atoms with Crippen LogP contribution < -0.4 is 0 Å². The van der Waals surface area contributed by atoms with Gasteiger partial charge < -0.3 is 14.2 Å². The normalized spacial score (nSPS) is 12.7. The van der Waals surface area contributed by atoms with Crippen molar-refractivity contribution in [1.82, 2.24) is 0 Å². The van der Waals surface area contributed by atoms with Gasteiger partial charge in [0, 0.05) is 19.3 Å². The first-order chi connectivity index (χ1) is 38.5. The predicted octanol–water partition coefficient (Wildman–Crippen LogP) is 22.8. The third-order valence-electron chi connectivity index (χ3n) is 14.3. The van der Waals surface area contributed by atoms with Crippen molar-refractivity contribution < 1.29 is 28.6 Å². The fourth-order valence-corrected chi connectivity index (χ4v) is 9.36. The number of esters is 3. The van der Waals surface area contributed by atoms with E-state index in [9.17, 15) is 14.4 Å². The van der Waals surface area contributed by atoms with Crippen LogP contribution in [0.25, 0.3) is 0 Å². The molecule has 0 N–H and O–H groups in total. The van der Waals surface area contributed by atoms with E-state index in [1.807, 2.05) is 0 Å². The van der Waals surface area contributed by atoms with Crippen LogP contribution in [0.2, 0.25) is 0 Å². The molecule has 0 aromatic carbocycles. The van der Waals surface area contributed by atoms with E-state index in [1.165, 1.54) is 173 Å². The zero-order valence-corrected chi connectivity index (χ0v) is 51.4. The summed E-state index contributed by atoms with van der Waals surface area (Å²) in [4.78, 5) is 38.1. The SMILES string of the molecule is CC/C=C\C/C=C\C/C=C\C/C=C\C/C=C\C/C=C\CCCCCCCCCCC(=O)OCC(COC(=O)CCCCCCCC)OC(=O)CCCCCCCCCCCCCCCCC/C=C\C/C=C\CCCCCCC. The number of ether oxygens (including phenoxy) is 3. The fourth-order valence-electron chi connectivity index (χ4n) is 9.36. The van der Waals surface area contributed by atoms with Gasteiger partial charge in [-0.05, 0) is 103 Å². The Bertz CT molecular complexity index is 1530. The average molecular weight is 1090 g/mol. The van der Waals surface area contributed by atoms with Crippen molar-refractivity contribution in [2.24, 2.45) is 0 Å². The molecule has 0 saturated carbocycles. The lowest BCUT2D eigenvalue weighted by Gasteiger charge is -2.18. The summed E-state index contributed by atoms with van der Waals surface area (Å²) in [6.07, 6.45) is 88.9. The second-order valence-corrected chi connectivity index (χ2v) is 22.0. The topological polar surface area (TPSA) is 78.9 Å². The van der Waals surface area contributed by atoms with Gasteiger partial charge in [0.25, 0.3) is 0 Å². The van der Waals surface area contributed by atoms with Gasteiger partial charge in [-0.25, -0.2) is 0 Å². The van der Waals surface area contributed by atoms with Crippen LogP contribution in [0.1, 0.15) is 323 Å². The Morgan fingerprint density at radius 1 is 0.269 bits per heavy atom. The van der Waals surface area contributed by atoms with Crippen LogP contribution in [0, 0.1) is 0 Å². The minimum absolute atomic E-state index is 0.0783. The van der Waals surface area contributed by atoms with Gasteiger partial charge in [-0.2, -0.15) is 0 Å². The quantitative estimate of drug-likeness (QED) is 0.0261. The van der Waals surface area contributed by atoms with E-state index in [2.05, 4.69) is 118 Å². The summed E-state index contributed by atoms with van der Waals surface area (Å²) in [5.41, 5.74) is 0. The molecule has 0 saturated heterocycles. The average Bonchev–Trinajstić information content (AvgIpc) is 3.44. The van der Waals surface area contributed by atoms with Crippen LogP contribution in [0.15, 0.2) is 97.2 Å². The van der Waals surface area contributed by atoms with Crippen molar-refractivity contribution in [2.75, 3.05) is 13.2 Å². The minimum atomic E-state index is -0.779. The van der Waals surface area contributed by atoms with Crippen LogP contribution in [0.5, 0.6) is 0 Å². The summed E-state index contributed by atoms with van der Waals surface area (Å²) in [5, 5.41) is 0. The smallest absolute Gasteiger partial charge is 0.306 e. The molecule has 0 aliphatic carbocycles. The van der Waals surface area contributed by atoms with Crippen molar-refractivity contribution in [2.45, 2.75) is 329 Å². The van der Waals surface area contributed by atoms with Crippen molar-refractivity contribution in [1.29, 1.82) is 0 Å². The number of unbranched alkanes of at least 4 members (excludes halogenated alkanes) is 33. The van der Waals surface area contributed by atoms with Gasteiger partial charge in [-0.1, -0.05) is 298 Å². The second kappa shape index (κ2) is 65.8. The molecule has 1 atom stereocenters. The maximum absolute atomic E-state index is 12.9. The molecular formula is C72H124O6. The first-order valence-corrected chi connectivity index (χ1v) is 33.2. The van der Waals surface area contributed by atoms with E-state index >= 15 is 0 Å². The van der Waals surface area contributed by atoms with E-state index in [1.54, 1.807) is 0 Å². The van der Waals surface area contributed by atoms with E-state index in [0.29, 0.717) is 19.3 Å².